The standard InChI is InChI=1S/C33H37BrN8O4/c1-19-6-9-28(34)37-31(19)38-32(45)26-13-33(18-46-11-10-40(4)5)14-27(33)42(26)29(44)17-41-25-8-7-22(23-15-35-21(3)36-16-23)12-24(25)30(39-41)20(2)43/h6-9,12,15-16,26-27H,10-11,13-14,17-18H2,1-5H3,(H,37,38,45)/t26-,27+,33-/m0/s1. The van der Waals surface area contributed by atoms with Gasteiger partial charge >= 0.3 is 0 Å². The highest BCUT2D eigenvalue weighted by molar-refractivity contribution is 9.10. The lowest BCUT2D eigenvalue weighted by molar-refractivity contribution is -0.138. The fourth-order valence-electron chi connectivity index (χ4n) is 6.27. The summed E-state index contributed by atoms with van der Waals surface area (Å²) in [5.74, 6) is 0.369. The number of benzene rings is 1. The van der Waals surface area contributed by atoms with E-state index in [9.17, 15) is 14.4 Å². The number of nitrogens with one attached hydrogen (secondary N) is 1. The van der Waals surface area contributed by atoms with Gasteiger partial charge in [0.2, 0.25) is 11.8 Å². The molecule has 12 nitrogen and oxygen atoms in total. The Morgan fingerprint density at radius 3 is 2.57 bits per heavy atom. The predicted molar refractivity (Wildman–Crippen MR) is 176 cm³/mol. The molecule has 2 aliphatic rings. The number of fused-ring (bicyclic) bond motifs is 2. The van der Waals surface area contributed by atoms with E-state index < -0.39 is 6.04 Å². The summed E-state index contributed by atoms with van der Waals surface area (Å²) in [6.07, 6.45) is 4.73. The summed E-state index contributed by atoms with van der Waals surface area (Å²) >= 11 is 3.38. The van der Waals surface area contributed by atoms with Crippen LogP contribution in [0.2, 0.25) is 0 Å². The highest BCUT2D eigenvalue weighted by Gasteiger charge is 2.67. The number of aromatic nitrogens is 5. The average molecular weight is 690 g/mol. The molecule has 2 fully saturated rings. The monoisotopic (exact) mass is 688 g/mol. The molecule has 46 heavy (non-hydrogen) atoms. The SMILES string of the molecule is CC(=O)c1nn(CC(=O)N2[C@H](C(=O)Nc3nc(Br)ccc3C)C[C@@]3(COCCN(C)C)C[C@@H]23)c2ccc(-c3cnc(C)nc3)cc12. The Morgan fingerprint density at radius 2 is 1.85 bits per heavy atom. The molecule has 0 unspecified atom stereocenters. The van der Waals surface area contributed by atoms with Crippen LogP contribution in [-0.4, -0.2) is 98.1 Å². The van der Waals surface area contributed by atoms with Crippen LogP contribution in [0, 0.1) is 19.3 Å². The third-order valence-electron chi connectivity index (χ3n) is 8.87. The lowest BCUT2D eigenvalue weighted by Gasteiger charge is -2.27. The van der Waals surface area contributed by atoms with Crippen LogP contribution in [0.3, 0.4) is 0 Å². The lowest BCUT2D eigenvalue weighted by atomic mass is 10.00. The van der Waals surface area contributed by atoms with Crippen LogP contribution in [0.1, 0.15) is 41.6 Å². The molecule has 2 amide bonds. The molecule has 6 rings (SSSR count). The molecule has 4 aromatic rings. The second-order valence-electron chi connectivity index (χ2n) is 12.6. The van der Waals surface area contributed by atoms with Crippen molar-refractivity contribution in [3.05, 3.63) is 64.4 Å². The van der Waals surface area contributed by atoms with Crippen LogP contribution in [0.25, 0.3) is 22.0 Å². The zero-order valence-corrected chi connectivity index (χ0v) is 28.2. The van der Waals surface area contributed by atoms with Crippen molar-refractivity contribution in [2.24, 2.45) is 5.41 Å². The zero-order chi connectivity index (χ0) is 32.7. The number of carbonyl (C=O) groups excluding carboxylic acids is 3. The Balaban J connectivity index is 1.28. The first-order valence-electron chi connectivity index (χ1n) is 15.2. The predicted octanol–water partition coefficient (Wildman–Crippen LogP) is 4.05. The van der Waals surface area contributed by atoms with Crippen LogP contribution in [0.4, 0.5) is 5.82 Å². The summed E-state index contributed by atoms with van der Waals surface area (Å²) < 4.78 is 8.22. The minimum absolute atomic E-state index is 0.122. The van der Waals surface area contributed by atoms with Crippen molar-refractivity contribution in [2.45, 2.75) is 52.2 Å². The van der Waals surface area contributed by atoms with Gasteiger partial charge < -0.3 is 19.9 Å². The topological polar surface area (TPSA) is 135 Å². The molecule has 1 N–H and O–H groups in total. The normalized spacial score (nSPS) is 20.3. The van der Waals surface area contributed by atoms with Gasteiger partial charge in [0, 0.05) is 48.3 Å². The lowest BCUT2D eigenvalue weighted by Crippen LogP contribution is -2.47. The minimum Gasteiger partial charge on any atom is -0.379 e. The van der Waals surface area contributed by atoms with Crippen molar-refractivity contribution in [2.75, 3.05) is 39.2 Å². The number of hydrogen-bond donors (Lipinski definition) is 1. The fourth-order valence-corrected chi connectivity index (χ4v) is 6.57. The van der Waals surface area contributed by atoms with E-state index in [4.69, 9.17) is 4.74 Å². The van der Waals surface area contributed by atoms with E-state index in [0.29, 0.717) is 46.8 Å². The maximum Gasteiger partial charge on any atom is 0.248 e. The number of likely N-dealkylation sites (tertiary alicyclic amines) is 1. The van der Waals surface area contributed by atoms with Crippen LogP contribution in [-0.2, 0) is 20.9 Å². The molecule has 1 saturated heterocycles. The molecule has 3 aromatic heterocycles. The quantitative estimate of drug-likeness (QED) is 0.141. The molecule has 1 aliphatic carbocycles. The van der Waals surface area contributed by atoms with Gasteiger partial charge in [0.1, 0.15) is 34.5 Å². The van der Waals surface area contributed by atoms with Gasteiger partial charge in [-0.25, -0.2) is 15.0 Å². The number of carbonyl (C=O) groups is 3. The Labute approximate surface area is 275 Å². The summed E-state index contributed by atoms with van der Waals surface area (Å²) in [6.45, 7) is 6.85. The first-order chi connectivity index (χ1) is 22.0. The van der Waals surface area contributed by atoms with Gasteiger partial charge in [-0.2, -0.15) is 5.10 Å². The number of pyridine rings is 1. The molecule has 4 heterocycles. The highest BCUT2D eigenvalue weighted by Crippen LogP contribution is 2.60. The molecule has 1 saturated carbocycles. The van der Waals surface area contributed by atoms with E-state index >= 15 is 0 Å². The van der Waals surface area contributed by atoms with Gasteiger partial charge in [-0.05, 0) is 86.0 Å². The number of amides is 2. The van der Waals surface area contributed by atoms with Crippen molar-refractivity contribution in [1.29, 1.82) is 0 Å². The van der Waals surface area contributed by atoms with E-state index in [1.54, 1.807) is 22.0 Å². The van der Waals surface area contributed by atoms with Gasteiger partial charge in [-0.1, -0.05) is 12.1 Å². The second-order valence-corrected chi connectivity index (χ2v) is 13.4. The Bertz CT molecular complexity index is 1820. The van der Waals surface area contributed by atoms with Gasteiger partial charge in [0.15, 0.2) is 5.78 Å². The summed E-state index contributed by atoms with van der Waals surface area (Å²) in [6, 6.07) is 8.48. The Hall–Kier alpha value is -4.07. The van der Waals surface area contributed by atoms with Crippen LogP contribution in [0.5, 0.6) is 0 Å². The van der Waals surface area contributed by atoms with Crippen molar-refractivity contribution in [3.63, 3.8) is 0 Å². The molecular weight excluding hydrogens is 652 g/mol. The van der Waals surface area contributed by atoms with Crippen LogP contribution >= 0.6 is 15.9 Å². The number of ketones is 1. The van der Waals surface area contributed by atoms with Crippen molar-refractivity contribution in [1.82, 2.24) is 34.5 Å². The molecule has 240 valence electrons. The molecule has 0 spiro atoms. The number of halogens is 1. The number of aryl methyl sites for hydroxylation is 2. The number of nitrogens with zero attached hydrogens (tertiary/aromatic N) is 7. The first kappa shape index (κ1) is 31.9. The van der Waals surface area contributed by atoms with E-state index in [1.807, 2.05) is 58.3 Å². The molecule has 13 heteroatoms. The second kappa shape index (κ2) is 12.6. The number of ether oxygens (including phenoxy) is 1. The minimum atomic E-state index is -0.703. The van der Waals surface area contributed by atoms with Crippen molar-refractivity contribution < 1.29 is 19.1 Å². The molecule has 1 aliphatic heterocycles. The number of likely N-dealkylation sites (N-methyl/N-ethyl adjacent to an activating group) is 1. The molecular formula is C33H37BrN8O4. The van der Waals surface area contributed by atoms with Crippen LogP contribution < -0.4 is 5.32 Å². The molecule has 0 bridgehead atoms. The summed E-state index contributed by atoms with van der Waals surface area (Å²) in [5, 5.41) is 8.18. The average Bonchev–Trinajstić information content (AvgIpc) is 3.43. The number of Topliss-reactive ketones (excluding diaryl/α,β-unsaturated/α-hetero) is 1. The molecule has 3 atom stereocenters. The van der Waals surface area contributed by atoms with Gasteiger partial charge in [0.05, 0.1) is 18.7 Å². The third-order valence-corrected chi connectivity index (χ3v) is 9.31. The molecule has 1 aromatic carbocycles. The summed E-state index contributed by atoms with van der Waals surface area (Å²) in [4.78, 5) is 57.4. The number of anilines is 1. The van der Waals surface area contributed by atoms with Gasteiger partial charge in [0.25, 0.3) is 0 Å². The number of hydrogen-bond acceptors (Lipinski definition) is 9. The van der Waals surface area contributed by atoms with E-state index in [2.05, 4.69) is 46.2 Å². The zero-order valence-electron chi connectivity index (χ0n) is 26.6. The van der Waals surface area contributed by atoms with E-state index in [1.165, 1.54) is 6.92 Å². The number of piperidine rings is 1. The largest absolute Gasteiger partial charge is 0.379 e. The van der Waals surface area contributed by atoms with Crippen molar-refractivity contribution in [3.8, 4) is 11.1 Å². The van der Waals surface area contributed by atoms with Gasteiger partial charge in [-0.3, -0.25) is 19.1 Å². The van der Waals surface area contributed by atoms with E-state index in [-0.39, 0.29) is 41.3 Å². The first-order valence-corrected chi connectivity index (χ1v) is 16.0. The van der Waals surface area contributed by atoms with Crippen LogP contribution in [0.15, 0.2) is 47.3 Å². The smallest absolute Gasteiger partial charge is 0.248 e. The van der Waals surface area contributed by atoms with Gasteiger partial charge in [-0.15, -0.1) is 0 Å². The van der Waals surface area contributed by atoms with E-state index in [0.717, 1.165) is 29.7 Å². The maximum absolute atomic E-state index is 14.2. The van der Waals surface area contributed by atoms with Crippen molar-refractivity contribution >= 4 is 50.2 Å². The summed E-state index contributed by atoms with van der Waals surface area (Å²) in [7, 11) is 3.98. The third kappa shape index (κ3) is 6.31. The maximum atomic E-state index is 14.2. The number of rotatable bonds is 11. The Kier molecular flexibility index (Phi) is 8.75. The molecule has 0 radical (unpaired) electrons. The summed E-state index contributed by atoms with van der Waals surface area (Å²) in [5.41, 5.74) is 3.11. The highest BCUT2D eigenvalue weighted by atomic mass is 79.9. The Morgan fingerprint density at radius 1 is 1.09 bits per heavy atom. The fraction of sp³-hybridized carbons (Fsp3) is 0.424.